The molecule has 0 unspecified atom stereocenters. The Hall–Kier alpha value is -1.67. The van der Waals surface area contributed by atoms with Crippen LogP contribution >= 0.6 is 35.6 Å². The van der Waals surface area contributed by atoms with Gasteiger partial charge in [-0.3, -0.25) is 0 Å². The van der Waals surface area contributed by atoms with Crippen molar-refractivity contribution >= 4 is 45.4 Å². The van der Waals surface area contributed by atoms with Crippen molar-refractivity contribution in [3.05, 3.63) is 87.7 Å². The van der Waals surface area contributed by atoms with Crippen LogP contribution in [0.4, 0.5) is 4.39 Å². The van der Waals surface area contributed by atoms with Crippen LogP contribution in [0, 0.1) is 5.82 Å². The van der Waals surface area contributed by atoms with Crippen LogP contribution < -0.4 is 5.73 Å². The lowest BCUT2D eigenvalue weighted by atomic mass is 9.94. The Morgan fingerprint density at radius 2 is 1.63 bits per heavy atom. The van der Waals surface area contributed by atoms with E-state index in [2.05, 4.69) is 0 Å². The van der Waals surface area contributed by atoms with E-state index in [0.29, 0.717) is 21.7 Å². The number of sulfone groups is 1. The third kappa shape index (κ3) is 5.32. The second-order valence-corrected chi connectivity index (χ2v) is 9.51. The SMILES string of the molecule is CS(=O)(=O)c1cccc(-c2ccc([C@@H](O)[C@@H](N)c3ccc(Cl)c(Cl)c3)c(F)c2)c1.Cl. The number of halogens is 4. The van der Waals surface area contributed by atoms with Crippen molar-refractivity contribution < 1.29 is 17.9 Å². The Morgan fingerprint density at radius 3 is 2.23 bits per heavy atom. The van der Waals surface area contributed by atoms with Gasteiger partial charge in [0.15, 0.2) is 9.84 Å². The molecule has 0 aliphatic carbocycles. The van der Waals surface area contributed by atoms with Crippen molar-refractivity contribution in [2.45, 2.75) is 17.0 Å². The van der Waals surface area contributed by atoms with Gasteiger partial charge in [0.25, 0.3) is 0 Å². The Labute approximate surface area is 190 Å². The molecule has 3 rings (SSSR count). The molecule has 4 nitrogen and oxygen atoms in total. The number of aliphatic hydroxyl groups excluding tert-OH is 1. The minimum Gasteiger partial charge on any atom is -0.386 e. The first-order chi connectivity index (χ1) is 13.6. The first-order valence-corrected chi connectivity index (χ1v) is 11.2. The second-order valence-electron chi connectivity index (χ2n) is 6.68. The predicted molar refractivity (Wildman–Crippen MR) is 121 cm³/mol. The molecule has 2 atom stereocenters. The molecule has 3 N–H and O–H groups in total. The van der Waals surface area contributed by atoms with Crippen LogP contribution in [0.3, 0.4) is 0 Å². The van der Waals surface area contributed by atoms with Gasteiger partial charge in [-0.15, -0.1) is 12.4 Å². The molecule has 0 aliphatic rings. The summed E-state index contributed by atoms with van der Waals surface area (Å²) in [5, 5.41) is 11.2. The molecule has 0 aromatic heterocycles. The summed E-state index contributed by atoms with van der Waals surface area (Å²) in [6.45, 7) is 0. The van der Waals surface area contributed by atoms with Crippen molar-refractivity contribution in [3.8, 4) is 11.1 Å². The standard InChI is InChI=1S/C21H18Cl2FNO3S.ClH/c1-29(27,28)15-4-2-3-12(9-15)13-5-7-16(19(24)11-13)21(26)20(25)14-6-8-17(22)18(23)10-14;/h2-11,20-21,26H,25H2,1H3;1H/t20-,21+;/m0./s1. The van der Waals surface area contributed by atoms with E-state index in [0.717, 1.165) is 6.26 Å². The first-order valence-electron chi connectivity index (χ1n) is 8.56. The zero-order valence-corrected chi connectivity index (χ0v) is 18.9. The Balaban J connectivity index is 0.00000320. The average Bonchev–Trinajstić information content (AvgIpc) is 2.68. The number of nitrogens with two attached hydrogens (primary N) is 1. The summed E-state index contributed by atoms with van der Waals surface area (Å²) < 4.78 is 38.2. The maximum absolute atomic E-state index is 14.8. The molecule has 0 fully saturated rings. The van der Waals surface area contributed by atoms with Crippen molar-refractivity contribution in [2.24, 2.45) is 5.73 Å². The van der Waals surface area contributed by atoms with E-state index in [4.69, 9.17) is 28.9 Å². The predicted octanol–water partition coefficient (Wildman–Crippen LogP) is 5.36. The lowest BCUT2D eigenvalue weighted by Crippen LogP contribution is -2.20. The van der Waals surface area contributed by atoms with E-state index < -0.39 is 27.8 Å². The Bertz CT molecular complexity index is 1170. The molecule has 0 spiro atoms. The number of hydrogen-bond acceptors (Lipinski definition) is 4. The molecule has 0 radical (unpaired) electrons. The molecular formula is C21H19Cl3FNO3S. The van der Waals surface area contributed by atoms with Gasteiger partial charge >= 0.3 is 0 Å². The average molecular weight is 491 g/mol. The summed E-state index contributed by atoms with van der Waals surface area (Å²) in [5.41, 5.74) is 7.64. The molecule has 0 amide bonds. The van der Waals surface area contributed by atoms with Crippen LogP contribution in [-0.2, 0) is 9.84 Å². The number of benzene rings is 3. The summed E-state index contributed by atoms with van der Waals surface area (Å²) in [6.07, 6.45) is -0.208. The topological polar surface area (TPSA) is 80.4 Å². The fourth-order valence-corrected chi connectivity index (χ4v) is 3.92. The van der Waals surface area contributed by atoms with Gasteiger partial charge in [0.2, 0.25) is 0 Å². The summed E-state index contributed by atoms with van der Waals surface area (Å²) in [4.78, 5) is 0.140. The summed E-state index contributed by atoms with van der Waals surface area (Å²) in [5.74, 6) is -0.657. The first kappa shape index (κ1) is 24.6. The summed E-state index contributed by atoms with van der Waals surface area (Å²) >= 11 is 11.9. The van der Waals surface area contributed by atoms with E-state index in [1.54, 1.807) is 30.3 Å². The normalized spacial score (nSPS) is 13.4. The van der Waals surface area contributed by atoms with E-state index in [9.17, 15) is 17.9 Å². The van der Waals surface area contributed by atoms with E-state index in [-0.39, 0.29) is 27.9 Å². The molecule has 0 bridgehead atoms. The van der Waals surface area contributed by atoms with Crippen LogP contribution in [0.5, 0.6) is 0 Å². The fraction of sp³-hybridized carbons (Fsp3) is 0.143. The molecular weight excluding hydrogens is 472 g/mol. The monoisotopic (exact) mass is 489 g/mol. The van der Waals surface area contributed by atoms with E-state index in [1.165, 1.54) is 30.3 Å². The van der Waals surface area contributed by atoms with Gasteiger partial charge in [0.1, 0.15) is 11.9 Å². The van der Waals surface area contributed by atoms with Gasteiger partial charge < -0.3 is 10.8 Å². The highest BCUT2D eigenvalue weighted by Crippen LogP contribution is 2.33. The third-order valence-corrected chi connectivity index (χ3v) is 6.43. The van der Waals surface area contributed by atoms with Gasteiger partial charge in [-0.2, -0.15) is 0 Å². The van der Waals surface area contributed by atoms with Crippen molar-refractivity contribution in [1.29, 1.82) is 0 Å². The van der Waals surface area contributed by atoms with Crippen molar-refractivity contribution in [2.75, 3.05) is 6.26 Å². The summed E-state index contributed by atoms with van der Waals surface area (Å²) in [6, 6.07) is 14.3. The highest BCUT2D eigenvalue weighted by molar-refractivity contribution is 7.90. The van der Waals surface area contributed by atoms with Crippen molar-refractivity contribution in [3.63, 3.8) is 0 Å². The van der Waals surface area contributed by atoms with Gasteiger partial charge in [-0.25, -0.2) is 12.8 Å². The molecule has 0 saturated heterocycles. The molecule has 160 valence electrons. The minimum absolute atomic E-state index is 0. The van der Waals surface area contributed by atoms with Gasteiger partial charge in [-0.1, -0.05) is 53.5 Å². The second kappa shape index (κ2) is 9.64. The number of rotatable bonds is 5. The zero-order valence-electron chi connectivity index (χ0n) is 15.7. The molecule has 30 heavy (non-hydrogen) atoms. The van der Waals surface area contributed by atoms with Gasteiger partial charge in [0, 0.05) is 11.8 Å². The minimum atomic E-state index is -3.38. The van der Waals surface area contributed by atoms with Gasteiger partial charge in [0.05, 0.1) is 21.0 Å². The number of hydrogen-bond donors (Lipinski definition) is 2. The highest BCUT2D eigenvalue weighted by Gasteiger charge is 2.23. The lowest BCUT2D eigenvalue weighted by Gasteiger charge is -2.21. The van der Waals surface area contributed by atoms with Crippen LogP contribution in [0.25, 0.3) is 11.1 Å². The molecule has 9 heteroatoms. The third-order valence-electron chi connectivity index (χ3n) is 4.58. The molecule has 0 heterocycles. The fourth-order valence-electron chi connectivity index (χ4n) is 2.95. The molecule has 3 aromatic rings. The lowest BCUT2D eigenvalue weighted by molar-refractivity contribution is 0.142. The highest BCUT2D eigenvalue weighted by atomic mass is 35.5. The van der Waals surface area contributed by atoms with Crippen LogP contribution in [0.2, 0.25) is 10.0 Å². The maximum atomic E-state index is 14.8. The van der Waals surface area contributed by atoms with Crippen LogP contribution in [0.1, 0.15) is 23.3 Å². The van der Waals surface area contributed by atoms with Crippen molar-refractivity contribution in [1.82, 2.24) is 0 Å². The van der Waals surface area contributed by atoms with Gasteiger partial charge in [-0.05, 0) is 47.0 Å². The zero-order chi connectivity index (χ0) is 21.3. The number of aliphatic hydroxyl groups is 1. The maximum Gasteiger partial charge on any atom is 0.175 e. The van der Waals surface area contributed by atoms with E-state index in [1.807, 2.05) is 0 Å². The molecule has 0 aliphatic heterocycles. The Morgan fingerprint density at radius 1 is 0.967 bits per heavy atom. The Kier molecular flexibility index (Phi) is 7.91. The quantitative estimate of drug-likeness (QED) is 0.505. The molecule has 3 aromatic carbocycles. The smallest absolute Gasteiger partial charge is 0.175 e. The van der Waals surface area contributed by atoms with Crippen LogP contribution in [-0.4, -0.2) is 19.8 Å². The summed E-state index contributed by atoms with van der Waals surface area (Å²) in [7, 11) is -3.38. The largest absolute Gasteiger partial charge is 0.386 e. The van der Waals surface area contributed by atoms with E-state index >= 15 is 0 Å². The van der Waals surface area contributed by atoms with Crippen LogP contribution in [0.15, 0.2) is 65.6 Å². The molecule has 0 saturated carbocycles.